The second-order valence-electron chi connectivity index (χ2n) is 4.40. The van der Waals surface area contributed by atoms with Crippen LogP contribution >= 0.6 is 0 Å². The van der Waals surface area contributed by atoms with Crippen LogP contribution in [-0.4, -0.2) is 35.6 Å². The lowest BCUT2D eigenvalue weighted by Crippen LogP contribution is -2.44. The SMILES string of the molecule is CC.CCC(=O)N(C)C(C(C)=O)[C@@H]1[C@H](C)C1(F)F. The molecule has 0 radical (unpaired) electrons. The van der Waals surface area contributed by atoms with Crippen molar-refractivity contribution < 1.29 is 18.4 Å². The van der Waals surface area contributed by atoms with Crippen LogP contribution in [0, 0.1) is 11.8 Å². The minimum atomic E-state index is -2.82. The van der Waals surface area contributed by atoms with E-state index in [-0.39, 0.29) is 18.1 Å². The van der Waals surface area contributed by atoms with Crippen LogP contribution in [0.5, 0.6) is 0 Å². The highest BCUT2D eigenvalue weighted by molar-refractivity contribution is 5.88. The van der Waals surface area contributed by atoms with Gasteiger partial charge in [-0.3, -0.25) is 9.59 Å². The van der Waals surface area contributed by atoms with E-state index in [1.165, 1.54) is 20.9 Å². The number of Topliss-reactive ketones (excluding diaryl/α,β-unsaturated/α-hetero) is 1. The molecule has 0 aromatic rings. The Bertz CT molecular complexity index is 318. The van der Waals surface area contributed by atoms with Crippen LogP contribution in [0.15, 0.2) is 0 Å². The molecule has 1 rings (SSSR count). The second-order valence-corrected chi connectivity index (χ2v) is 4.40. The van der Waals surface area contributed by atoms with E-state index >= 15 is 0 Å². The molecule has 5 heteroatoms. The normalized spacial score (nSPS) is 25.6. The third-order valence-electron chi connectivity index (χ3n) is 3.35. The molecule has 0 saturated heterocycles. The third-order valence-corrected chi connectivity index (χ3v) is 3.35. The summed E-state index contributed by atoms with van der Waals surface area (Å²) in [5.41, 5.74) is 0. The fourth-order valence-corrected chi connectivity index (χ4v) is 2.16. The summed E-state index contributed by atoms with van der Waals surface area (Å²) < 4.78 is 26.5. The van der Waals surface area contributed by atoms with Gasteiger partial charge in [0.2, 0.25) is 5.91 Å². The van der Waals surface area contributed by atoms with Crippen molar-refractivity contribution in [3.63, 3.8) is 0 Å². The Morgan fingerprint density at radius 1 is 1.33 bits per heavy atom. The largest absolute Gasteiger partial charge is 0.335 e. The average Bonchev–Trinajstić information content (AvgIpc) is 2.81. The molecule has 0 aromatic carbocycles. The lowest BCUT2D eigenvalue weighted by atomic mass is 10.1. The van der Waals surface area contributed by atoms with Crippen molar-refractivity contribution in [2.75, 3.05) is 7.05 Å². The minimum absolute atomic E-state index is 0.215. The van der Waals surface area contributed by atoms with E-state index in [2.05, 4.69) is 0 Å². The average molecular weight is 263 g/mol. The van der Waals surface area contributed by atoms with E-state index in [9.17, 15) is 18.4 Å². The van der Waals surface area contributed by atoms with Crippen molar-refractivity contribution in [3.05, 3.63) is 0 Å². The maximum Gasteiger partial charge on any atom is 0.256 e. The summed E-state index contributed by atoms with van der Waals surface area (Å²) in [5.74, 6) is -5.33. The van der Waals surface area contributed by atoms with Gasteiger partial charge in [-0.2, -0.15) is 0 Å². The first-order valence-corrected chi connectivity index (χ1v) is 6.39. The van der Waals surface area contributed by atoms with Gasteiger partial charge >= 0.3 is 0 Å². The highest BCUT2D eigenvalue weighted by Crippen LogP contribution is 2.57. The van der Waals surface area contributed by atoms with Crippen molar-refractivity contribution in [2.24, 2.45) is 11.8 Å². The molecule has 1 aliphatic rings. The Hall–Kier alpha value is -1.00. The van der Waals surface area contributed by atoms with Gasteiger partial charge in [0.15, 0.2) is 5.78 Å². The van der Waals surface area contributed by atoms with Crippen LogP contribution in [0.1, 0.15) is 41.0 Å². The molecule has 0 heterocycles. The van der Waals surface area contributed by atoms with Crippen LogP contribution in [0.4, 0.5) is 8.78 Å². The molecule has 0 N–H and O–H groups in total. The molecule has 1 aliphatic carbocycles. The molecule has 3 atom stereocenters. The Balaban J connectivity index is 0.00000137. The minimum Gasteiger partial charge on any atom is -0.335 e. The molecule has 1 unspecified atom stereocenters. The van der Waals surface area contributed by atoms with Gasteiger partial charge in [-0.15, -0.1) is 0 Å². The van der Waals surface area contributed by atoms with Gasteiger partial charge in [-0.05, 0) is 6.92 Å². The van der Waals surface area contributed by atoms with Gasteiger partial charge in [0.05, 0.1) is 12.0 Å². The van der Waals surface area contributed by atoms with Crippen LogP contribution in [0.2, 0.25) is 0 Å². The Labute approximate surface area is 108 Å². The molecular formula is C13H23F2NO2. The summed E-state index contributed by atoms with van der Waals surface area (Å²) in [4.78, 5) is 24.0. The summed E-state index contributed by atoms with van der Waals surface area (Å²) >= 11 is 0. The molecule has 0 spiro atoms. The number of amides is 1. The molecule has 18 heavy (non-hydrogen) atoms. The quantitative estimate of drug-likeness (QED) is 0.782. The molecular weight excluding hydrogens is 240 g/mol. The Kier molecular flexibility index (Phi) is 5.90. The zero-order valence-corrected chi connectivity index (χ0v) is 12.0. The highest BCUT2D eigenvalue weighted by Gasteiger charge is 2.69. The fourth-order valence-electron chi connectivity index (χ4n) is 2.16. The second kappa shape index (κ2) is 6.25. The molecule has 3 nitrogen and oxygen atoms in total. The number of alkyl halides is 2. The first-order valence-electron chi connectivity index (χ1n) is 6.39. The summed E-state index contributed by atoms with van der Waals surface area (Å²) in [5, 5.41) is 0. The van der Waals surface area contributed by atoms with E-state index in [0.717, 1.165) is 4.90 Å². The molecule has 1 amide bonds. The molecule has 0 bridgehead atoms. The maximum atomic E-state index is 13.2. The van der Waals surface area contributed by atoms with Crippen LogP contribution in [0.25, 0.3) is 0 Å². The Morgan fingerprint density at radius 3 is 1.94 bits per heavy atom. The maximum absolute atomic E-state index is 13.2. The van der Waals surface area contributed by atoms with Crippen molar-refractivity contribution >= 4 is 11.7 Å². The van der Waals surface area contributed by atoms with E-state index in [1.807, 2.05) is 13.8 Å². The van der Waals surface area contributed by atoms with Crippen molar-refractivity contribution in [3.8, 4) is 0 Å². The monoisotopic (exact) mass is 263 g/mol. The van der Waals surface area contributed by atoms with E-state index in [0.29, 0.717) is 0 Å². The lowest BCUT2D eigenvalue weighted by molar-refractivity contribution is -0.138. The number of hydrogen-bond acceptors (Lipinski definition) is 2. The predicted octanol–water partition coefficient (Wildman–Crippen LogP) is 2.74. The van der Waals surface area contributed by atoms with Gasteiger partial charge in [-0.1, -0.05) is 27.7 Å². The molecule has 106 valence electrons. The first-order chi connectivity index (χ1) is 8.25. The topological polar surface area (TPSA) is 37.4 Å². The summed E-state index contributed by atoms with van der Waals surface area (Å²) in [6.45, 7) is 8.31. The molecule has 1 saturated carbocycles. The van der Waals surface area contributed by atoms with Crippen LogP contribution < -0.4 is 0 Å². The summed E-state index contributed by atoms with van der Waals surface area (Å²) in [6, 6.07) is -0.988. The number of carbonyl (C=O) groups is 2. The van der Waals surface area contributed by atoms with Crippen molar-refractivity contribution in [1.82, 2.24) is 4.90 Å². The van der Waals surface area contributed by atoms with E-state index in [4.69, 9.17) is 0 Å². The van der Waals surface area contributed by atoms with Gasteiger partial charge in [0, 0.05) is 19.4 Å². The van der Waals surface area contributed by atoms with Crippen molar-refractivity contribution in [1.29, 1.82) is 0 Å². The Morgan fingerprint density at radius 2 is 1.72 bits per heavy atom. The first kappa shape index (κ1) is 17.0. The van der Waals surface area contributed by atoms with Crippen LogP contribution in [-0.2, 0) is 9.59 Å². The predicted molar refractivity (Wildman–Crippen MR) is 66.5 cm³/mol. The summed E-state index contributed by atoms with van der Waals surface area (Å²) in [7, 11) is 1.42. The number of rotatable bonds is 4. The molecule has 0 aliphatic heterocycles. The smallest absolute Gasteiger partial charge is 0.256 e. The van der Waals surface area contributed by atoms with Gasteiger partial charge in [0.1, 0.15) is 0 Å². The number of carbonyl (C=O) groups excluding carboxylic acids is 2. The molecule has 0 aromatic heterocycles. The van der Waals surface area contributed by atoms with Crippen LogP contribution in [0.3, 0.4) is 0 Å². The highest BCUT2D eigenvalue weighted by atomic mass is 19.3. The number of hydrogen-bond donors (Lipinski definition) is 0. The number of halogens is 2. The number of likely N-dealkylation sites (N-methyl/N-ethyl adjacent to an activating group) is 1. The van der Waals surface area contributed by atoms with E-state index < -0.39 is 23.8 Å². The van der Waals surface area contributed by atoms with Crippen molar-refractivity contribution in [2.45, 2.75) is 53.0 Å². The van der Waals surface area contributed by atoms with Gasteiger partial charge < -0.3 is 4.90 Å². The number of ketones is 1. The number of nitrogens with zero attached hydrogens (tertiary/aromatic N) is 1. The van der Waals surface area contributed by atoms with Gasteiger partial charge in [0.25, 0.3) is 5.92 Å². The fraction of sp³-hybridized carbons (Fsp3) is 0.846. The standard InChI is InChI=1S/C11H17F2NO2.C2H6/c1-5-8(16)14(4)10(7(3)15)9-6(2)11(9,12)13;1-2/h6,9-10H,5H2,1-4H3;1-2H3/t6-,9-,10?;/m0./s1. The summed E-state index contributed by atoms with van der Waals surface area (Å²) in [6.07, 6.45) is 0.215. The lowest BCUT2D eigenvalue weighted by Gasteiger charge is -2.26. The van der Waals surface area contributed by atoms with E-state index in [1.54, 1.807) is 6.92 Å². The molecule has 1 fully saturated rings. The van der Waals surface area contributed by atoms with Gasteiger partial charge in [-0.25, -0.2) is 8.78 Å². The third kappa shape index (κ3) is 3.06. The zero-order chi connectivity index (χ0) is 14.7. The zero-order valence-electron chi connectivity index (χ0n) is 12.0.